The fraction of sp³-hybridized carbons (Fsp3) is 0.481. The topological polar surface area (TPSA) is 91.1 Å². The highest BCUT2D eigenvalue weighted by molar-refractivity contribution is 5.98. The molecule has 0 saturated carbocycles. The van der Waals surface area contributed by atoms with E-state index >= 15 is 0 Å². The number of halogens is 2. The van der Waals surface area contributed by atoms with Gasteiger partial charge in [0.1, 0.15) is 17.7 Å². The molecule has 3 N–H and O–H groups in total. The molecule has 2 atom stereocenters. The zero-order chi connectivity index (χ0) is 26.2. The molecule has 8 nitrogen and oxygen atoms in total. The lowest BCUT2D eigenvalue weighted by Gasteiger charge is -2.33. The first-order valence-corrected chi connectivity index (χ1v) is 12.8. The summed E-state index contributed by atoms with van der Waals surface area (Å²) in [6.07, 6.45) is 0.452. The Morgan fingerprint density at radius 2 is 1.68 bits per heavy atom. The molecule has 0 aromatic heterocycles. The van der Waals surface area contributed by atoms with Gasteiger partial charge in [0, 0.05) is 64.0 Å². The van der Waals surface area contributed by atoms with Crippen LogP contribution in [0.3, 0.4) is 0 Å². The van der Waals surface area contributed by atoms with Crippen molar-refractivity contribution in [3.63, 3.8) is 0 Å². The zero-order valence-electron chi connectivity index (χ0n) is 21.0. The number of likely N-dealkylation sites (tertiary alicyclic amines) is 1. The molecule has 10 heteroatoms. The van der Waals surface area contributed by atoms with Crippen LogP contribution in [0.15, 0.2) is 48.5 Å². The van der Waals surface area contributed by atoms with E-state index in [2.05, 4.69) is 15.1 Å². The van der Waals surface area contributed by atoms with E-state index in [4.69, 9.17) is 10.5 Å². The van der Waals surface area contributed by atoms with Crippen LogP contribution in [-0.2, 0) is 16.1 Å². The molecule has 200 valence electrons. The van der Waals surface area contributed by atoms with Gasteiger partial charge in [0.15, 0.2) is 0 Å². The second kappa shape index (κ2) is 13.0. The second-order valence-corrected chi connectivity index (χ2v) is 9.50. The monoisotopic (exact) mass is 515 g/mol. The van der Waals surface area contributed by atoms with Crippen molar-refractivity contribution in [3.05, 3.63) is 71.3 Å². The summed E-state index contributed by atoms with van der Waals surface area (Å²) < 4.78 is 32.5. The predicted octanol–water partition coefficient (Wildman–Crippen LogP) is 1.46. The number of rotatable bonds is 10. The first-order chi connectivity index (χ1) is 17.9. The van der Waals surface area contributed by atoms with Gasteiger partial charge < -0.3 is 20.7 Å². The van der Waals surface area contributed by atoms with E-state index in [1.165, 1.54) is 36.4 Å². The Kier molecular flexibility index (Phi) is 9.56. The van der Waals surface area contributed by atoms with Crippen molar-refractivity contribution in [2.75, 3.05) is 59.0 Å². The number of benzene rings is 2. The van der Waals surface area contributed by atoms with Gasteiger partial charge in [0.25, 0.3) is 5.91 Å². The maximum absolute atomic E-state index is 13.5. The molecule has 0 bridgehead atoms. The molecule has 2 amide bonds. The second-order valence-electron chi connectivity index (χ2n) is 9.50. The summed E-state index contributed by atoms with van der Waals surface area (Å²) in [7, 11) is 0. The van der Waals surface area contributed by atoms with Gasteiger partial charge in [-0.25, -0.2) is 8.78 Å². The van der Waals surface area contributed by atoms with Crippen LogP contribution >= 0.6 is 0 Å². The van der Waals surface area contributed by atoms with Gasteiger partial charge in [-0.05, 0) is 48.4 Å². The Morgan fingerprint density at radius 1 is 1.03 bits per heavy atom. The number of carbonyl (C=O) groups excluding carboxylic acids is 2. The first kappa shape index (κ1) is 27.1. The molecule has 2 aliphatic rings. The maximum atomic E-state index is 13.5. The third-order valence-corrected chi connectivity index (χ3v) is 7.00. The van der Waals surface area contributed by atoms with Crippen molar-refractivity contribution in [1.29, 1.82) is 0 Å². The highest BCUT2D eigenvalue weighted by Gasteiger charge is 2.42. The quantitative estimate of drug-likeness (QED) is 0.498. The summed E-state index contributed by atoms with van der Waals surface area (Å²) in [5.41, 5.74) is 6.86. The number of hydrogen-bond donors (Lipinski definition) is 2. The summed E-state index contributed by atoms with van der Waals surface area (Å²) in [5, 5.41) is 2.82. The molecule has 2 saturated heterocycles. The number of amides is 2. The molecule has 0 spiro atoms. The number of ether oxygens (including phenoxy) is 1. The van der Waals surface area contributed by atoms with E-state index in [0.717, 1.165) is 31.7 Å². The molecule has 2 aromatic carbocycles. The van der Waals surface area contributed by atoms with Crippen LogP contribution in [0.4, 0.5) is 8.78 Å². The van der Waals surface area contributed by atoms with Gasteiger partial charge in [-0.3, -0.25) is 19.4 Å². The van der Waals surface area contributed by atoms with E-state index in [1.54, 1.807) is 17.0 Å². The van der Waals surface area contributed by atoms with Crippen molar-refractivity contribution < 1.29 is 23.1 Å². The smallest absolute Gasteiger partial charge is 0.254 e. The summed E-state index contributed by atoms with van der Waals surface area (Å²) in [6.45, 7) is 6.16. The van der Waals surface area contributed by atoms with Crippen molar-refractivity contribution in [1.82, 2.24) is 20.0 Å². The van der Waals surface area contributed by atoms with Crippen molar-refractivity contribution in [2.24, 2.45) is 5.73 Å². The molecule has 0 aliphatic carbocycles. The third-order valence-electron chi connectivity index (χ3n) is 7.00. The minimum absolute atomic E-state index is 0.0934. The fourth-order valence-corrected chi connectivity index (χ4v) is 4.93. The summed E-state index contributed by atoms with van der Waals surface area (Å²) in [4.78, 5) is 32.7. The molecule has 0 radical (unpaired) electrons. The Morgan fingerprint density at radius 3 is 2.32 bits per heavy atom. The van der Waals surface area contributed by atoms with Crippen LogP contribution in [-0.4, -0.2) is 97.6 Å². The van der Waals surface area contributed by atoms with Crippen molar-refractivity contribution >= 4 is 11.8 Å². The Bertz CT molecular complexity index is 1030. The molecular formula is C27H35F2N5O3. The van der Waals surface area contributed by atoms with Crippen LogP contribution in [0.2, 0.25) is 0 Å². The predicted molar refractivity (Wildman–Crippen MR) is 136 cm³/mol. The summed E-state index contributed by atoms with van der Waals surface area (Å²) in [5.74, 6) is -1.29. The first-order valence-electron chi connectivity index (χ1n) is 12.8. The SMILES string of the molecule is NCCNC(=O)C1CC(N(CCN2CCOCC2)Cc2ccc(F)cc2)CN1C(=O)c1ccc(F)cc1. The van der Waals surface area contributed by atoms with Crippen LogP contribution in [0, 0.1) is 11.6 Å². The average molecular weight is 516 g/mol. The number of nitrogens with two attached hydrogens (primary N) is 1. The molecule has 2 unspecified atom stereocenters. The van der Waals surface area contributed by atoms with Gasteiger partial charge >= 0.3 is 0 Å². The van der Waals surface area contributed by atoms with Crippen LogP contribution in [0.25, 0.3) is 0 Å². The van der Waals surface area contributed by atoms with E-state index in [-0.39, 0.29) is 23.7 Å². The molecule has 2 heterocycles. The number of morpholine rings is 1. The normalized spacial score (nSPS) is 20.4. The molecule has 2 aliphatic heterocycles. The standard InChI is InChI=1S/C27H35F2N5O3/c28-22-5-1-20(2-6-22)18-33(12-11-32-13-15-37-16-14-32)24-17-25(26(35)31-10-9-30)34(19-24)27(36)21-3-7-23(29)8-4-21/h1-8,24-25H,9-19,30H2,(H,31,35). The van der Waals surface area contributed by atoms with Gasteiger partial charge in [-0.2, -0.15) is 0 Å². The summed E-state index contributed by atoms with van der Waals surface area (Å²) in [6, 6.07) is 11.0. The Hall–Kier alpha value is -2.92. The molecule has 2 aromatic rings. The number of nitrogens with one attached hydrogen (secondary N) is 1. The van der Waals surface area contributed by atoms with Crippen LogP contribution in [0.5, 0.6) is 0 Å². The van der Waals surface area contributed by atoms with E-state index in [1.807, 2.05) is 0 Å². The van der Waals surface area contributed by atoms with E-state index in [0.29, 0.717) is 51.4 Å². The molecular weight excluding hydrogens is 480 g/mol. The molecule has 4 rings (SSSR count). The third kappa shape index (κ3) is 7.32. The van der Waals surface area contributed by atoms with Crippen molar-refractivity contribution in [2.45, 2.75) is 25.0 Å². The minimum atomic E-state index is -0.673. The average Bonchev–Trinajstić information content (AvgIpc) is 3.37. The lowest BCUT2D eigenvalue weighted by Crippen LogP contribution is -2.47. The Labute approximate surface area is 216 Å². The van der Waals surface area contributed by atoms with Crippen LogP contribution < -0.4 is 11.1 Å². The number of nitrogens with zero attached hydrogens (tertiary/aromatic N) is 3. The van der Waals surface area contributed by atoms with E-state index in [9.17, 15) is 18.4 Å². The van der Waals surface area contributed by atoms with Gasteiger partial charge in [-0.15, -0.1) is 0 Å². The largest absolute Gasteiger partial charge is 0.379 e. The van der Waals surface area contributed by atoms with E-state index < -0.39 is 11.9 Å². The fourth-order valence-electron chi connectivity index (χ4n) is 4.93. The highest BCUT2D eigenvalue weighted by atomic mass is 19.1. The molecule has 37 heavy (non-hydrogen) atoms. The summed E-state index contributed by atoms with van der Waals surface area (Å²) >= 11 is 0. The number of carbonyl (C=O) groups is 2. The van der Waals surface area contributed by atoms with Gasteiger partial charge in [0.05, 0.1) is 13.2 Å². The minimum Gasteiger partial charge on any atom is -0.379 e. The van der Waals surface area contributed by atoms with Crippen molar-refractivity contribution in [3.8, 4) is 0 Å². The van der Waals surface area contributed by atoms with Gasteiger partial charge in [0.2, 0.25) is 5.91 Å². The van der Waals surface area contributed by atoms with Gasteiger partial charge in [-0.1, -0.05) is 12.1 Å². The highest BCUT2D eigenvalue weighted by Crippen LogP contribution is 2.26. The molecule has 2 fully saturated rings. The zero-order valence-corrected chi connectivity index (χ0v) is 21.0. The lowest BCUT2D eigenvalue weighted by atomic mass is 10.1. The number of hydrogen-bond acceptors (Lipinski definition) is 6. The van der Waals surface area contributed by atoms with Crippen LogP contribution in [0.1, 0.15) is 22.3 Å². The Balaban J connectivity index is 1.55. The maximum Gasteiger partial charge on any atom is 0.254 e. The lowest BCUT2D eigenvalue weighted by molar-refractivity contribution is -0.124.